The monoisotopic (exact) mass is 382 g/mol. The molecule has 0 aliphatic rings. The van der Waals surface area contributed by atoms with E-state index in [1.165, 1.54) is 38.5 Å². The second-order valence-corrected chi connectivity index (χ2v) is 8.02. The summed E-state index contributed by atoms with van der Waals surface area (Å²) in [5.74, 6) is 0.199. The highest BCUT2D eigenvalue weighted by molar-refractivity contribution is 5.75. The van der Waals surface area contributed by atoms with E-state index < -0.39 is 0 Å². The molecule has 160 valence electrons. The molecule has 0 unspecified atom stereocenters. The van der Waals surface area contributed by atoms with Gasteiger partial charge in [0.05, 0.1) is 6.10 Å². The molecule has 0 radical (unpaired) electrons. The van der Waals surface area contributed by atoms with Crippen molar-refractivity contribution in [2.75, 3.05) is 27.2 Å². The van der Waals surface area contributed by atoms with E-state index in [0.717, 1.165) is 58.0 Å². The van der Waals surface area contributed by atoms with Gasteiger partial charge in [-0.25, -0.2) is 0 Å². The SMILES string of the molecule is CCCCCC[C@@H](O)C/C=C/CCCCCCCC(=O)NCCCN(C)C. The molecule has 0 aliphatic heterocycles. The Morgan fingerprint density at radius 1 is 0.963 bits per heavy atom. The van der Waals surface area contributed by atoms with Gasteiger partial charge in [-0.3, -0.25) is 4.79 Å². The van der Waals surface area contributed by atoms with Crippen LogP contribution in [-0.2, 0) is 4.79 Å². The number of rotatable bonds is 19. The van der Waals surface area contributed by atoms with Crippen LogP contribution in [-0.4, -0.2) is 49.2 Å². The van der Waals surface area contributed by atoms with Gasteiger partial charge in [-0.05, 0) is 59.2 Å². The van der Waals surface area contributed by atoms with E-state index in [-0.39, 0.29) is 12.0 Å². The van der Waals surface area contributed by atoms with Gasteiger partial charge in [0, 0.05) is 13.0 Å². The number of hydrogen-bond donors (Lipinski definition) is 2. The van der Waals surface area contributed by atoms with Gasteiger partial charge in [0.15, 0.2) is 0 Å². The molecule has 0 aliphatic carbocycles. The van der Waals surface area contributed by atoms with Crippen molar-refractivity contribution >= 4 is 5.91 Å². The van der Waals surface area contributed by atoms with E-state index in [9.17, 15) is 9.90 Å². The van der Waals surface area contributed by atoms with Crippen LogP contribution in [0.2, 0.25) is 0 Å². The Bertz CT molecular complexity index is 356. The van der Waals surface area contributed by atoms with E-state index in [1.807, 2.05) is 0 Å². The molecule has 0 rings (SSSR count). The molecule has 0 heterocycles. The highest BCUT2D eigenvalue weighted by atomic mass is 16.3. The summed E-state index contributed by atoms with van der Waals surface area (Å²) in [5, 5.41) is 12.9. The van der Waals surface area contributed by atoms with Crippen molar-refractivity contribution in [1.82, 2.24) is 10.2 Å². The predicted octanol–water partition coefficient (Wildman–Crippen LogP) is 5.06. The fraction of sp³-hybridized carbons (Fsp3) is 0.870. The maximum Gasteiger partial charge on any atom is 0.219 e. The normalized spacial score (nSPS) is 12.8. The molecule has 4 heteroatoms. The van der Waals surface area contributed by atoms with Crippen molar-refractivity contribution in [1.29, 1.82) is 0 Å². The van der Waals surface area contributed by atoms with Gasteiger partial charge in [-0.1, -0.05) is 64.0 Å². The van der Waals surface area contributed by atoms with Crippen LogP contribution in [0.15, 0.2) is 12.2 Å². The topological polar surface area (TPSA) is 52.6 Å². The fourth-order valence-corrected chi connectivity index (χ4v) is 3.09. The minimum absolute atomic E-state index is 0.160. The zero-order chi connectivity index (χ0) is 20.2. The summed E-state index contributed by atoms with van der Waals surface area (Å²) >= 11 is 0. The van der Waals surface area contributed by atoms with Crippen molar-refractivity contribution < 1.29 is 9.90 Å². The van der Waals surface area contributed by atoms with Crippen LogP contribution in [0, 0.1) is 0 Å². The summed E-state index contributed by atoms with van der Waals surface area (Å²) in [5.41, 5.74) is 0. The van der Waals surface area contributed by atoms with Gasteiger partial charge in [-0.2, -0.15) is 0 Å². The third kappa shape index (κ3) is 21.3. The third-order valence-electron chi connectivity index (χ3n) is 4.84. The number of nitrogens with zero attached hydrogens (tertiary/aromatic N) is 1. The molecule has 27 heavy (non-hydrogen) atoms. The largest absolute Gasteiger partial charge is 0.393 e. The van der Waals surface area contributed by atoms with Gasteiger partial charge < -0.3 is 15.3 Å². The number of aliphatic hydroxyl groups excluding tert-OH is 1. The molecule has 0 bridgehead atoms. The summed E-state index contributed by atoms with van der Waals surface area (Å²) < 4.78 is 0. The van der Waals surface area contributed by atoms with E-state index in [4.69, 9.17) is 0 Å². The average molecular weight is 383 g/mol. The average Bonchev–Trinajstić information content (AvgIpc) is 2.63. The van der Waals surface area contributed by atoms with Crippen LogP contribution in [0.5, 0.6) is 0 Å². The lowest BCUT2D eigenvalue weighted by Crippen LogP contribution is -2.26. The molecular weight excluding hydrogens is 336 g/mol. The first-order valence-electron chi connectivity index (χ1n) is 11.3. The molecule has 0 aromatic rings. The lowest BCUT2D eigenvalue weighted by molar-refractivity contribution is -0.121. The van der Waals surface area contributed by atoms with Crippen molar-refractivity contribution in [2.45, 2.75) is 103 Å². The van der Waals surface area contributed by atoms with Crippen LogP contribution in [0.25, 0.3) is 0 Å². The Morgan fingerprint density at radius 2 is 1.67 bits per heavy atom. The van der Waals surface area contributed by atoms with Gasteiger partial charge >= 0.3 is 0 Å². The Labute approximate surface area is 168 Å². The zero-order valence-electron chi connectivity index (χ0n) is 18.3. The summed E-state index contributed by atoms with van der Waals surface area (Å²) in [6.07, 6.45) is 19.4. The first kappa shape index (κ1) is 26.1. The molecule has 0 saturated heterocycles. The van der Waals surface area contributed by atoms with Crippen molar-refractivity contribution in [3.8, 4) is 0 Å². The van der Waals surface area contributed by atoms with Crippen molar-refractivity contribution in [3.05, 3.63) is 12.2 Å². The van der Waals surface area contributed by atoms with Gasteiger partial charge in [0.1, 0.15) is 0 Å². The molecule has 1 atom stereocenters. The molecule has 0 aromatic heterocycles. The van der Waals surface area contributed by atoms with E-state index >= 15 is 0 Å². The standard InChI is InChI=1S/C23H46N2O2/c1-4-5-6-13-17-22(26)18-14-11-9-7-8-10-12-15-19-23(27)24-20-16-21-25(2)3/h11,14,22,26H,4-10,12-13,15-21H2,1-3H3,(H,24,27)/b14-11+/t22-/m1/s1. The molecule has 0 aromatic carbocycles. The van der Waals surface area contributed by atoms with Crippen LogP contribution in [0.1, 0.15) is 96.8 Å². The smallest absolute Gasteiger partial charge is 0.219 e. The third-order valence-corrected chi connectivity index (χ3v) is 4.84. The van der Waals surface area contributed by atoms with Gasteiger partial charge in [0.2, 0.25) is 5.91 Å². The van der Waals surface area contributed by atoms with Crippen molar-refractivity contribution in [3.63, 3.8) is 0 Å². The van der Waals surface area contributed by atoms with Gasteiger partial charge in [0.25, 0.3) is 0 Å². The highest BCUT2D eigenvalue weighted by Gasteiger charge is 2.01. The number of hydrogen-bond acceptors (Lipinski definition) is 3. The molecule has 0 saturated carbocycles. The summed E-state index contributed by atoms with van der Waals surface area (Å²) in [6.45, 7) is 4.02. The van der Waals surface area contributed by atoms with Gasteiger partial charge in [-0.15, -0.1) is 0 Å². The van der Waals surface area contributed by atoms with Crippen LogP contribution < -0.4 is 5.32 Å². The maximum absolute atomic E-state index is 11.7. The van der Waals surface area contributed by atoms with E-state index in [1.54, 1.807) is 0 Å². The molecule has 1 amide bonds. The number of unbranched alkanes of at least 4 members (excludes halogenated alkanes) is 8. The fourth-order valence-electron chi connectivity index (χ4n) is 3.09. The number of allylic oxidation sites excluding steroid dienone is 1. The summed E-state index contributed by atoms with van der Waals surface area (Å²) in [6, 6.07) is 0. The Morgan fingerprint density at radius 3 is 2.41 bits per heavy atom. The lowest BCUT2D eigenvalue weighted by Gasteiger charge is -2.09. The van der Waals surface area contributed by atoms with Crippen LogP contribution in [0.3, 0.4) is 0 Å². The Kier molecular flexibility index (Phi) is 19.2. The Balaban J connectivity index is 3.33. The Hall–Kier alpha value is -0.870. The zero-order valence-corrected chi connectivity index (χ0v) is 18.3. The maximum atomic E-state index is 11.7. The lowest BCUT2D eigenvalue weighted by atomic mass is 10.1. The predicted molar refractivity (Wildman–Crippen MR) is 117 cm³/mol. The number of carbonyl (C=O) groups excluding carboxylic acids is 1. The van der Waals surface area contributed by atoms with Crippen LogP contribution in [0.4, 0.5) is 0 Å². The first-order chi connectivity index (χ1) is 13.1. The molecule has 4 nitrogen and oxygen atoms in total. The highest BCUT2D eigenvalue weighted by Crippen LogP contribution is 2.10. The van der Waals surface area contributed by atoms with Crippen molar-refractivity contribution in [2.24, 2.45) is 0 Å². The number of nitrogens with one attached hydrogen (secondary N) is 1. The minimum Gasteiger partial charge on any atom is -0.393 e. The molecule has 2 N–H and O–H groups in total. The van der Waals surface area contributed by atoms with E-state index in [0.29, 0.717) is 6.42 Å². The second kappa shape index (κ2) is 19.9. The molecule has 0 fully saturated rings. The minimum atomic E-state index is -0.160. The van der Waals surface area contributed by atoms with E-state index in [2.05, 4.69) is 43.4 Å². The number of carbonyl (C=O) groups is 1. The second-order valence-electron chi connectivity index (χ2n) is 8.02. The summed E-state index contributed by atoms with van der Waals surface area (Å²) in [7, 11) is 4.10. The molecular formula is C23H46N2O2. The first-order valence-corrected chi connectivity index (χ1v) is 11.3. The summed E-state index contributed by atoms with van der Waals surface area (Å²) in [4.78, 5) is 13.8. The molecule has 0 spiro atoms. The number of aliphatic hydroxyl groups is 1. The number of amides is 1. The quantitative estimate of drug-likeness (QED) is 0.242. The van der Waals surface area contributed by atoms with Crippen LogP contribution >= 0.6 is 0 Å².